The molecule has 0 radical (unpaired) electrons. The van der Waals surface area contributed by atoms with Gasteiger partial charge in [-0.15, -0.1) is 17.5 Å². The number of halogens is 1. The summed E-state index contributed by atoms with van der Waals surface area (Å²) in [5.41, 5.74) is 7.30. The van der Waals surface area contributed by atoms with Crippen molar-refractivity contribution in [3.63, 3.8) is 0 Å². The van der Waals surface area contributed by atoms with Gasteiger partial charge in [-0.05, 0) is 17.7 Å². The fourth-order valence-electron chi connectivity index (χ4n) is 1.47. The van der Waals surface area contributed by atoms with Crippen LogP contribution in [-0.2, 0) is 13.7 Å². The molecule has 1 aromatic carbocycles. The van der Waals surface area contributed by atoms with E-state index in [2.05, 4.69) is 5.10 Å². The second-order valence-electron chi connectivity index (χ2n) is 3.70. The first-order chi connectivity index (χ1) is 8.19. The Kier molecular flexibility index (Phi) is 4.85. The molecule has 0 aliphatic rings. The van der Waals surface area contributed by atoms with E-state index in [4.69, 9.17) is 15.2 Å². The molecular weight excluding hydrogens is 254 g/mol. The van der Waals surface area contributed by atoms with E-state index in [-0.39, 0.29) is 12.4 Å². The van der Waals surface area contributed by atoms with Gasteiger partial charge >= 0.3 is 0 Å². The Labute approximate surface area is 112 Å². The van der Waals surface area contributed by atoms with E-state index in [0.717, 1.165) is 11.3 Å². The highest BCUT2D eigenvalue weighted by molar-refractivity contribution is 5.85. The molecule has 1 heterocycles. The molecule has 0 spiro atoms. The number of aromatic nitrogens is 2. The van der Waals surface area contributed by atoms with E-state index in [9.17, 15) is 0 Å². The highest BCUT2D eigenvalue weighted by Crippen LogP contribution is 2.19. The van der Waals surface area contributed by atoms with Crippen LogP contribution in [0.2, 0.25) is 0 Å². The van der Waals surface area contributed by atoms with Crippen molar-refractivity contribution in [2.75, 3.05) is 12.8 Å². The monoisotopic (exact) mass is 269 g/mol. The predicted octanol–water partition coefficient (Wildman–Crippen LogP) is 2.01. The lowest BCUT2D eigenvalue weighted by Gasteiger charge is -2.05. The first kappa shape index (κ1) is 14.2. The van der Waals surface area contributed by atoms with Gasteiger partial charge in [-0.2, -0.15) is 0 Å². The van der Waals surface area contributed by atoms with Gasteiger partial charge in [-0.3, -0.25) is 4.68 Å². The Morgan fingerprint density at radius 1 is 1.28 bits per heavy atom. The first-order valence-corrected chi connectivity index (χ1v) is 5.24. The number of nitrogens with zero attached hydrogens (tertiary/aromatic N) is 2. The van der Waals surface area contributed by atoms with E-state index in [1.807, 2.05) is 24.3 Å². The van der Waals surface area contributed by atoms with Crippen molar-refractivity contribution in [2.45, 2.75) is 6.61 Å². The minimum absolute atomic E-state index is 0. The third-order valence-electron chi connectivity index (χ3n) is 2.36. The molecule has 98 valence electrons. The number of hydrogen-bond donors (Lipinski definition) is 1. The fourth-order valence-corrected chi connectivity index (χ4v) is 1.47. The summed E-state index contributed by atoms with van der Waals surface area (Å²) in [7, 11) is 3.44. The maximum Gasteiger partial charge on any atom is 0.256 e. The standard InChI is InChI=1S/C12H15N3O2.ClH/c1-15-7-11(13)12(14-15)17-8-9-3-5-10(16-2)6-4-9;/h3-7H,8,13H2,1-2H3;1H. The van der Waals surface area contributed by atoms with E-state index < -0.39 is 0 Å². The summed E-state index contributed by atoms with van der Waals surface area (Å²) in [6, 6.07) is 7.66. The smallest absolute Gasteiger partial charge is 0.256 e. The third kappa shape index (κ3) is 3.30. The zero-order valence-electron chi connectivity index (χ0n) is 10.3. The molecule has 2 rings (SSSR count). The lowest BCUT2D eigenvalue weighted by Crippen LogP contribution is -1.98. The molecule has 0 atom stereocenters. The highest BCUT2D eigenvalue weighted by atomic mass is 35.5. The van der Waals surface area contributed by atoms with Gasteiger partial charge in [0.25, 0.3) is 5.88 Å². The average Bonchev–Trinajstić information content (AvgIpc) is 2.66. The van der Waals surface area contributed by atoms with E-state index in [0.29, 0.717) is 18.2 Å². The van der Waals surface area contributed by atoms with E-state index >= 15 is 0 Å². The minimum Gasteiger partial charge on any atom is -0.497 e. The van der Waals surface area contributed by atoms with Gasteiger partial charge in [-0.1, -0.05) is 12.1 Å². The van der Waals surface area contributed by atoms with Crippen molar-refractivity contribution < 1.29 is 9.47 Å². The van der Waals surface area contributed by atoms with Crippen LogP contribution in [0.5, 0.6) is 11.6 Å². The largest absolute Gasteiger partial charge is 0.497 e. The Hall–Kier alpha value is -1.88. The summed E-state index contributed by atoms with van der Waals surface area (Å²) < 4.78 is 12.2. The molecule has 0 amide bonds. The van der Waals surface area contributed by atoms with Crippen LogP contribution >= 0.6 is 12.4 Å². The molecular formula is C12H16ClN3O2. The fraction of sp³-hybridized carbons (Fsp3) is 0.250. The molecule has 0 aliphatic heterocycles. The molecule has 1 aromatic heterocycles. The quantitative estimate of drug-likeness (QED) is 0.922. The van der Waals surface area contributed by atoms with Crippen LogP contribution in [0.3, 0.4) is 0 Å². The van der Waals surface area contributed by atoms with Crippen molar-refractivity contribution in [1.82, 2.24) is 9.78 Å². The van der Waals surface area contributed by atoms with Gasteiger partial charge < -0.3 is 15.2 Å². The van der Waals surface area contributed by atoms with Gasteiger partial charge in [0, 0.05) is 7.05 Å². The number of nitrogens with two attached hydrogens (primary N) is 1. The number of methoxy groups -OCH3 is 1. The SMILES string of the molecule is COc1ccc(COc2nn(C)cc2N)cc1.Cl. The number of rotatable bonds is 4. The molecule has 5 nitrogen and oxygen atoms in total. The molecule has 0 fully saturated rings. The van der Waals surface area contributed by atoms with Crippen LogP contribution in [0.1, 0.15) is 5.56 Å². The zero-order chi connectivity index (χ0) is 12.3. The van der Waals surface area contributed by atoms with E-state index in [1.165, 1.54) is 0 Å². The summed E-state index contributed by atoms with van der Waals surface area (Å²) in [6.07, 6.45) is 1.71. The van der Waals surface area contributed by atoms with Crippen molar-refractivity contribution in [3.05, 3.63) is 36.0 Å². The third-order valence-corrected chi connectivity index (χ3v) is 2.36. The minimum atomic E-state index is 0. The number of anilines is 1. The van der Waals surface area contributed by atoms with Gasteiger partial charge in [0.05, 0.1) is 13.3 Å². The molecule has 0 bridgehead atoms. The van der Waals surface area contributed by atoms with Gasteiger partial charge in [0.15, 0.2) is 0 Å². The lowest BCUT2D eigenvalue weighted by molar-refractivity contribution is 0.292. The average molecular weight is 270 g/mol. The number of ether oxygens (including phenoxy) is 2. The molecule has 18 heavy (non-hydrogen) atoms. The molecule has 0 saturated heterocycles. The Morgan fingerprint density at radius 2 is 1.94 bits per heavy atom. The first-order valence-electron chi connectivity index (χ1n) is 5.24. The van der Waals surface area contributed by atoms with E-state index in [1.54, 1.807) is 25.0 Å². The summed E-state index contributed by atoms with van der Waals surface area (Å²) in [6.45, 7) is 0.436. The van der Waals surface area contributed by atoms with Crippen molar-refractivity contribution in [1.29, 1.82) is 0 Å². The van der Waals surface area contributed by atoms with Gasteiger partial charge in [0.1, 0.15) is 18.0 Å². The lowest BCUT2D eigenvalue weighted by atomic mass is 10.2. The van der Waals surface area contributed by atoms with Gasteiger partial charge in [0.2, 0.25) is 0 Å². The van der Waals surface area contributed by atoms with Crippen LogP contribution < -0.4 is 15.2 Å². The zero-order valence-corrected chi connectivity index (χ0v) is 11.1. The molecule has 0 saturated carbocycles. The molecule has 0 aliphatic carbocycles. The summed E-state index contributed by atoms with van der Waals surface area (Å²) in [4.78, 5) is 0. The van der Waals surface area contributed by atoms with Crippen molar-refractivity contribution in [3.8, 4) is 11.6 Å². The van der Waals surface area contributed by atoms with Crippen LogP contribution in [-0.4, -0.2) is 16.9 Å². The van der Waals surface area contributed by atoms with Crippen LogP contribution in [0.4, 0.5) is 5.69 Å². The molecule has 6 heteroatoms. The Balaban J connectivity index is 0.00000162. The number of benzene rings is 1. The molecule has 0 unspecified atom stereocenters. The van der Waals surface area contributed by atoms with Crippen molar-refractivity contribution in [2.24, 2.45) is 7.05 Å². The molecule has 2 N–H and O–H groups in total. The highest BCUT2D eigenvalue weighted by Gasteiger charge is 2.05. The normalized spacial score (nSPS) is 9.67. The summed E-state index contributed by atoms with van der Waals surface area (Å²) >= 11 is 0. The second kappa shape index (κ2) is 6.16. The topological polar surface area (TPSA) is 62.3 Å². The van der Waals surface area contributed by atoms with Crippen LogP contribution in [0, 0.1) is 0 Å². The maximum atomic E-state index is 5.72. The summed E-state index contributed by atoms with van der Waals surface area (Å²) in [5, 5.41) is 4.10. The Bertz CT molecular complexity index is 497. The molecule has 2 aromatic rings. The van der Waals surface area contributed by atoms with Gasteiger partial charge in [-0.25, -0.2) is 0 Å². The second-order valence-corrected chi connectivity index (χ2v) is 3.70. The number of aryl methyl sites for hydroxylation is 1. The maximum absolute atomic E-state index is 5.72. The number of hydrogen-bond acceptors (Lipinski definition) is 4. The van der Waals surface area contributed by atoms with Crippen LogP contribution in [0.25, 0.3) is 0 Å². The van der Waals surface area contributed by atoms with Crippen LogP contribution in [0.15, 0.2) is 30.5 Å². The Morgan fingerprint density at radius 3 is 2.44 bits per heavy atom. The number of nitrogen functional groups attached to an aromatic ring is 1. The summed E-state index contributed by atoms with van der Waals surface area (Å²) in [5.74, 6) is 1.29. The van der Waals surface area contributed by atoms with Crippen molar-refractivity contribution >= 4 is 18.1 Å². The predicted molar refractivity (Wildman–Crippen MR) is 72.2 cm³/mol.